The van der Waals surface area contributed by atoms with Gasteiger partial charge in [0.15, 0.2) is 0 Å². The van der Waals surface area contributed by atoms with Crippen LogP contribution in [0.4, 0.5) is 0 Å². The van der Waals surface area contributed by atoms with Gasteiger partial charge in [0.2, 0.25) is 0 Å². The van der Waals surface area contributed by atoms with Crippen molar-refractivity contribution in [1.29, 1.82) is 0 Å². The van der Waals surface area contributed by atoms with Crippen LogP contribution >= 0.6 is 0 Å². The fourth-order valence-corrected chi connectivity index (χ4v) is 1.23. The zero-order valence-corrected chi connectivity index (χ0v) is 8.17. The Labute approximate surface area is 87.8 Å². The summed E-state index contributed by atoms with van der Waals surface area (Å²) < 4.78 is 0. The van der Waals surface area contributed by atoms with E-state index >= 15 is 0 Å². The maximum atomic E-state index is 4.18. The smallest absolute Gasteiger partial charge is 0.0701 e. The molecule has 0 saturated carbocycles. The Morgan fingerprint density at radius 3 is 2.40 bits per heavy atom. The Hall–Kier alpha value is -2.16. The number of benzene rings is 1. The summed E-state index contributed by atoms with van der Waals surface area (Å²) in [5.41, 5.74) is 1.06. The molecule has 15 heavy (non-hydrogen) atoms. The maximum absolute atomic E-state index is 4.18. The molecule has 0 bridgehead atoms. The lowest BCUT2D eigenvalue weighted by Crippen LogP contribution is -1.73. The minimum atomic E-state index is 1.06. The van der Waals surface area contributed by atoms with Gasteiger partial charge in [-0.15, -0.1) is 0 Å². The summed E-state index contributed by atoms with van der Waals surface area (Å²) >= 11 is 0. The van der Waals surface area contributed by atoms with Crippen LogP contribution < -0.4 is 0 Å². The monoisotopic (exact) mass is 197 g/mol. The standard InChI is InChI=1S/C9H7N.C3H4N2/c1-2-6-9-8(4-1)5-3-7-10-9;1-2-4-5-3-1/h1-7H;1-3H,(H,4,5). The van der Waals surface area contributed by atoms with Gasteiger partial charge in [0.05, 0.1) is 5.52 Å². The molecule has 0 amide bonds. The number of hydrogen-bond donors (Lipinski definition) is 1. The van der Waals surface area contributed by atoms with E-state index in [4.69, 9.17) is 0 Å². The van der Waals surface area contributed by atoms with Crippen molar-refractivity contribution in [2.75, 3.05) is 0 Å². The Morgan fingerprint density at radius 1 is 0.867 bits per heavy atom. The first-order chi connectivity index (χ1) is 7.47. The van der Waals surface area contributed by atoms with Crippen molar-refractivity contribution in [3.63, 3.8) is 0 Å². The van der Waals surface area contributed by atoms with Gasteiger partial charge in [0, 0.05) is 24.0 Å². The normalized spacial score (nSPS) is 9.33. The number of fused-ring (bicyclic) bond motifs is 1. The number of pyridine rings is 1. The second-order valence-corrected chi connectivity index (χ2v) is 2.96. The first-order valence-corrected chi connectivity index (χ1v) is 4.70. The Kier molecular flexibility index (Phi) is 3.07. The summed E-state index contributed by atoms with van der Waals surface area (Å²) in [6.07, 6.45) is 5.27. The molecule has 0 atom stereocenters. The molecule has 0 unspecified atom stereocenters. The molecule has 2 heterocycles. The quantitative estimate of drug-likeness (QED) is 0.602. The molecular weight excluding hydrogens is 186 g/mol. The molecule has 3 nitrogen and oxygen atoms in total. The fraction of sp³-hybridized carbons (Fsp3) is 0. The lowest BCUT2D eigenvalue weighted by Gasteiger charge is -1.91. The number of para-hydroxylation sites is 1. The minimum Gasteiger partial charge on any atom is -0.286 e. The molecule has 0 fully saturated rings. The summed E-state index contributed by atoms with van der Waals surface area (Å²) in [7, 11) is 0. The molecule has 0 radical (unpaired) electrons. The van der Waals surface area contributed by atoms with Crippen molar-refractivity contribution in [1.82, 2.24) is 15.2 Å². The molecule has 2 aromatic heterocycles. The molecule has 74 valence electrons. The van der Waals surface area contributed by atoms with E-state index in [1.54, 1.807) is 12.4 Å². The highest BCUT2D eigenvalue weighted by Gasteiger charge is 1.86. The lowest BCUT2D eigenvalue weighted by atomic mass is 10.2. The zero-order chi connectivity index (χ0) is 10.3. The van der Waals surface area contributed by atoms with E-state index in [1.165, 1.54) is 5.39 Å². The number of rotatable bonds is 0. The molecule has 0 aliphatic heterocycles. The number of aromatic amines is 1. The first kappa shape index (κ1) is 9.40. The van der Waals surface area contributed by atoms with Gasteiger partial charge in [-0.2, -0.15) is 5.10 Å². The van der Waals surface area contributed by atoms with Crippen LogP contribution in [0.15, 0.2) is 61.1 Å². The van der Waals surface area contributed by atoms with Crippen LogP contribution in [0.3, 0.4) is 0 Å². The van der Waals surface area contributed by atoms with Crippen molar-refractivity contribution in [2.45, 2.75) is 0 Å². The summed E-state index contributed by atoms with van der Waals surface area (Å²) in [4.78, 5) is 4.18. The topological polar surface area (TPSA) is 41.6 Å². The Bertz CT molecular complexity index is 420. The third-order valence-corrected chi connectivity index (χ3v) is 1.92. The summed E-state index contributed by atoms with van der Waals surface area (Å²) in [5, 5.41) is 7.41. The highest BCUT2D eigenvalue weighted by atomic mass is 15.1. The van der Waals surface area contributed by atoms with Gasteiger partial charge in [-0.3, -0.25) is 10.1 Å². The van der Waals surface area contributed by atoms with Gasteiger partial charge in [-0.25, -0.2) is 0 Å². The summed E-state index contributed by atoms with van der Waals surface area (Å²) in [6, 6.07) is 13.9. The van der Waals surface area contributed by atoms with Crippen LogP contribution in [-0.4, -0.2) is 15.2 Å². The molecule has 0 aliphatic carbocycles. The molecular formula is C12H11N3. The van der Waals surface area contributed by atoms with E-state index in [0.29, 0.717) is 0 Å². The Balaban J connectivity index is 0.000000144. The third kappa shape index (κ3) is 2.64. The SMILES string of the molecule is c1ccc2ncccc2c1.c1cn[nH]c1. The Morgan fingerprint density at radius 2 is 1.73 bits per heavy atom. The number of aromatic nitrogens is 3. The summed E-state index contributed by atoms with van der Waals surface area (Å²) in [6.45, 7) is 0. The highest BCUT2D eigenvalue weighted by Crippen LogP contribution is 2.07. The molecule has 1 aromatic carbocycles. The number of hydrogen-bond acceptors (Lipinski definition) is 2. The van der Waals surface area contributed by atoms with E-state index < -0.39 is 0 Å². The van der Waals surface area contributed by atoms with Gasteiger partial charge in [0.1, 0.15) is 0 Å². The predicted octanol–water partition coefficient (Wildman–Crippen LogP) is 2.64. The van der Waals surface area contributed by atoms with Crippen LogP contribution in [0.5, 0.6) is 0 Å². The van der Waals surface area contributed by atoms with E-state index in [0.717, 1.165) is 5.52 Å². The highest BCUT2D eigenvalue weighted by molar-refractivity contribution is 5.77. The number of H-pyrrole nitrogens is 1. The second kappa shape index (κ2) is 4.91. The fourth-order valence-electron chi connectivity index (χ4n) is 1.23. The largest absolute Gasteiger partial charge is 0.286 e. The van der Waals surface area contributed by atoms with Gasteiger partial charge in [0.25, 0.3) is 0 Å². The molecule has 0 saturated heterocycles. The van der Waals surface area contributed by atoms with Crippen molar-refractivity contribution < 1.29 is 0 Å². The third-order valence-electron chi connectivity index (χ3n) is 1.92. The van der Waals surface area contributed by atoms with E-state index in [-0.39, 0.29) is 0 Å². The molecule has 3 rings (SSSR count). The van der Waals surface area contributed by atoms with Gasteiger partial charge >= 0.3 is 0 Å². The average molecular weight is 197 g/mol. The van der Waals surface area contributed by atoms with Gasteiger partial charge < -0.3 is 0 Å². The van der Waals surface area contributed by atoms with Crippen LogP contribution in [0.25, 0.3) is 10.9 Å². The van der Waals surface area contributed by atoms with E-state index in [9.17, 15) is 0 Å². The molecule has 3 aromatic rings. The summed E-state index contributed by atoms with van der Waals surface area (Å²) in [5.74, 6) is 0. The first-order valence-electron chi connectivity index (χ1n) is 4.70. The van der Waals surface area contributed by atoms with Crippen molar-refractivity contribution in [3.05, 3.63) is 61.1 Å². The van der Waals surface area contributed by atoms with Crippen molar-refractivity contribution >= 4 is 10.9 Å². The average Bonchev–Trinajstić information content (AvgIpc) is 2.88. The van der Waals surface area contributed by atoms with Gasteiger partial charge in [-0.05, 0) is 18.2 Å². The van der Waals surface area contributed by atoms with Crippen LogP contribution in [-0.2, 0) is 0 Å². The maximum Gasteiger partial charge on any atom is 0.0701 e. The van der Waals surface area contributed by atoms with E-state index in [2.05, 4.69) is 27.3 Å². The van der Waals surface area contributed by atoms with Gasteiger partial charge in [-0.1, -0.05) is 24.3 Å². The predicted molar refractivity (Wildman–Crippen MR) is 60.3 cm³/mol. The second-order valence-electron chi connectivity index (χ2n) is 2.96. The molecule has 0 aliphatic rings. The van der Waals surface area contributed by atoms with Crippen LogP contribution in [0.2, 0.25) is 0 Å². The van der Waals surface area contributed by atoms with Crippen molar-refractivity contribution in [2.24, 2.45) is 0 Å². The molecule has 0 spiro atoms. The number of nitrogens with zero attached hydrogens (tertiary/aromatic N) is 2. The molecule has 3 heteroatoms. The van der Waals surface area contributed by atoms with Crippen molar-refractivity contribution in [3.8, 4) is 0 Å². The van der Waals surface area contributed by atoms with Crippen LogP contribution in [0.1, 0.15) is 0 Å². The minimum absolute atomic E-state index is 1.06. The number of nitrogens with one attached hydrogen (secondary N) is 1. The zero-order valence-electron chi connectivity index (χ0n) is 8.17. The lowest BCUT2D eigenvalue weighted by molar-refractivity contribution is 1.09. The van der Waals surface area contributed by atoms with Crippen LogP contribution in [0, 0.1) is 0 Å². The molecule has 1 N–H and O–H groups in total. The van der Waals surface area contributed by atoms with E-state index in [1.807, 2.05) is 36.5 Å².